The van der Waals surface area contributed by atoms with Gasteiger partial charge in [0.15, 0.2) is 0 Å². The number of hydrogen-bond acceptors (Lipinski definition) is 5. The van der Waals surface area contributed by atoms with Gasteiger partial charge >= 0.3 is 0 Å². The molecule has 192 valence electrons. The van der Waals surface area contributed by atoms with Crippen molar-refractivity contribution in [1.29, 1.82) is 0 Å². The van der Waals surface area contributed by atoms with Crippen molar-refractivity contribution in [2.24, 2.45) is 5.73 Å². The lowest BCUT2D eigenvalue weighted by Crippen LogP contribution is -2.53. The molecular weight excluding hydrogens is 552 g/mol. The monoisotopic (exact) mass is 579 g/mol. The number of carbonyl (C=O) groups excluding carboxylic acids is 1. The third-order valence-corrected chi connectivity index (χ3v) is 9.83. The van der Waals surface area contributed by atoms with Crippen molar-refractivity contribution in [3.8, 4) is 0 Å². The van der Waals surface area contributed by atoms with Gasteiger partial charge in [-0.1, -0.05) is 58.5 Å². The quantitative estimate of drug-likeness (QED) is 0.455. The maximum absolute atomic E-state index is 13.5. The summed E-state index contributed by atoms with van der Waals surface area (Å²) in [5, 5.41) is 4.18. The van der Waals surface area contributed by atoms with Gasteiger partial charge in [-0.15, -0.1) is 0 Å². The van der Waals surface area contributed by atoms with Crippen LogP contribution < -0.4 is 11.1 Å². The lowest BCUT2D eigenvalue weighted by Gasteiger charge is -2.39. The first kappa shape index (κ1) is 28.5. The summed E-state index contributed by atoms with van der Waals surface area (Å²) in [4.78, 5) is 15.6. The highest BCUT2D eigenvalue weighted by atomic mass is 35.5. The van der Waals surface area contributed by atoms with E-state index in [9.17, 15) is 13.2 Å². The second kappa shape index (κ2) is 11.5. The number of carbonyl (C=O) groups is 1. The Hall–Kier alpha value is -1.06. The number of sulfone groups is 1. The minimum atomic E-state index is -3.15. The summed E-state index contributed by atoms with van der Waals surface area (Å²) in [7, 11) is -3.15. The van der Waals surface area contributed by atoms with Crippen molar-refractivity contribution in [2.45, 2.75) is 49.6 Å². The lowest BCUT2D eigenvalue weighted by atomic mass is 9.78. The molecule has 11 heteroatoms. The van der Waals surface area contributed by atoms with E-state index in [2.05, 4.69) is 5.32 Å². The summed E-state index contributed by atoms with van der Waals surface area (Å²) >= 11 is 24.5. The molecule has 0 bridgehead atoms. The Bertz CT molecular complexity index is 1190. The Morgan fingerprint density at radius 1 is 1.09 bits per heavy atom. The smallest absolute Gasteiger partial charge is 0.230 e. The molecule has 0 saturated carbocycles. The van der Waals surface area contributed by atoms with Crippen LogP contribution in [0.25, 0.3) is 0 Å². The molecule has 0 radical (unpaired) electrons. The van der Waals surface area contributed by atoms with Gasteiger partial charge in [0.05, 0.1) is 36.9 Å². The van der Waals surface area contributed by atoms with Crippen LogP contribution in [-0.4, -0.2) is 50.0 Å². The molecule has 1 aliphatic rings. The summed E-state index contributed by atoms with van der Waals surface area (Å²) in [5.41, 5.74) is 6.90. The van der Waals surface area contributed by atoms with E-state index < -0.39 is 26.7 Å². The van der Waals surface area contributed by atoms with Crippen LogP contribution in [0.15, 0.2) is 36.4 Å². The fourth-order valence-electron chi connectivity index (χ4n) is 4.30. The topological polar surface area (TPSA) is 92.5 Å². The minimum Gasteiger partial charge on any atom is -0.351 e. The zero-order chi connectivity index (χ0) is 26.0. The predicted octanol–water partition coefficient (Wildman–Crippen LogP) is 5.06. The number of rotatable bonds is 8. The molecule has 1 fully saturated rings. The Morgan fingerprint density at radius 2 is 1.71 bits per heavy atom. The number of hydrogen-bond donors (Lipinski definition) is 2. The van der Waals surface area contributed by atoms with Gasteiger partial charge in [0, 0.05) is 25.9 Å². The number of amides is 1. The van der Waals surface area contributed by atoms with Crippen molar-refractivity contribution < 1.29 is 13.2 Å². The number of nitrogens with zero attached hydrogens (tertiary/aromatic N) is 1. The van der Waals surface area contributed by atoms with Crippen LogP contribution in [0.1, 0.15) is 37.3 Å². The first-order valence-corrected chi connectivity index (χ1v) is 14.6. The average molecular weight is 581 g/mol. The van der Waals surface area contributed by atoms with Crippen molar-refractivity contribution in [2.75, 3.05) is 19.3 Å². The molecule has 6 nitrogen and oxygen atoms in total. The molecule has 0 aromatic heterocycles. The van der Waals surface area contributed by atoms with Gasteiger partial charge in [0.1, 0.15) is 9.84 Å². The zero-order valence-electron chi connectivity index (χ0n) is 19.5. The fraction of sp³-hybridized carbons (Fsp3) is 0.458. The summed E-state index contributed by atoms with van der Waals surface area (Å²) in [6.07, 6.45) is 2.17. The van der Waals surface area contributed by atoms with Crippen LogP contribution in [0.5, 0.6) is 0 Å². The van der Waals surface area contributed by atoms with Crippen molar-refractivity contribution >= 4 is 62.1 Å². The van der Waals surface area contributed by atoms with Gasteiger partial charge in [-0.25, -0.2) is 8.42 Å². The fourth-order valence-corrected chi connectivity index (χ4v) is 6.00. The van der Waals surface area contributed by atoms with Gasteiger partial charge in [-0.3, -0.25) is 9.69 Å². The van der Waals surface area contributed by atoms with E-state index in [0.717, 1.165) is 11.1 Å². The molecule has 2 aromatic rings. The number of likely N-dealkylation sites (tertiary alicyclic amines) is 1. The summed E-state index contributed by atoms with van der Waals surface area (Å²) in [5.74, 6) is -0.193. The van der Waals surface area contributed by atoms with Crippen molar-refractivity contribution in [3.63, 3.8) is 0 Å². The minimum absolute atomic E-state index is 0.193. The van der Waals surface area contributed by atoms with E-state index >= 15 is 0 Å². The molecule has 3 unspecified atom stereocenters. The Labute approximate surface area is 227 Å². The van der Waals surface area contributed by atoms with Gasteiger partial charge in [-0.05, 0) is 61.6 Å². The first-order chi connectivity index (χ1) is 16.3. The molecule has 1 saturated heterocycles. The van der Waals surface area contributed by atoms with Crippen LogP contribution in [0, 0.1) is 0 Å². The average Bonchev–Trinajstić information content (AvgIpc) is 2.79. The molecule has 1 aliphatic heterocycles. The largest absolute Gasteiger partial charge is 0.351 e. The molecule has 3 rings (SSSR count). The standard InChI is InChI=1S/C24H29Cl4N3O3S/c1-24(16-4-6-19(26)21(28)12-16,23(32)30-14-15-3-5-18(25)20(27)11-15)8-10-31-9-7-17(13-22(31)29)35(2,33)34/h3-6,11-12,17,22H,7-10,13-14,29H2,1-2H3,(H,30,32). The van der Waals surface area contributed by atoms with E-state index in [1.165, 1.54) is 6.26 Å². The van der Waals surface area contributed by atoms with Gasteiger partial charge in [0.25, 0.3) is 0 Å². The van der Waals surface area contributed by atoms with Gasteiger partial charge < -0.3 is 11.1 Å². The highest BCUT2D eigenvalue weighted by Gasteiger charge is 2.38. The molecule has 1 amide bonds. The van der Waals surface area contributed by atoms with Gasteiger partial charge in [-0.2, -0.15) is 0 Å². The maximum atomic E-state index is 13.5. The predicted molar refractivity (Wildman–Crippen MR) is 144 cm³/mol. The third kappa shape index (κ3) is 7.04. The highest BCUT2D eigenvalue weighted by Crippen LogP contribution is 2.34. The Balaban J connectivity index is 1.78. The van der Waals surface area contributed by atoms with Crippen LogP contribution in [0.3, 0.4) is 0 Å². The van der Waals surface area contributed by atoms with Crippen molar-refractivity contribution in [3.05, 3.63) is 67.6 Å². The summed E-state index contributed by atoms with van der Waals surface area (Å²) in [6.45, 7) is 3.17. The van der Waals surface area contributed by atoms with E-state index in [4.69, 9.17) is 52.1 Å². The molecule has 0 aliphatic carbocycles. The second-order valence-electron chi connectivity index (χ2n) is 9.22. The van der Waals surface area contributed by atoms with Crippen LogP contribution in [0.2, 0.25) is 20.1 Å². The molecule has 1 heterocycles. The zero-order valence-corrected chi connectivity index (χ0v) is 23.4. The molecular formula is C24H29Cl4N3O3S. The number of benzene rings is 2. The van der Waals surface area contributed by atoms with E-state index in [0.29, 0.717) is 52.4 Å². The maximum Gasteiger partial charge on any atom is 0.230 e. The van der Waals surface area contributed by atoms with Crippen molar-refractivity contribution in [1.82, 2.24) is 10.2 Å². The molecule has 3 atom stereocenters. The van der Waals surface area contributed by atoms with Gasteiger partial charge in [0.2, 0.25) is 5.91 Å². The molecule has 2 aromatic carbocycles. The van der Waals surface area contributed by atoms with Crippen LogP contribution in [0.4, 0.5) is 0 Å². The molecule has 35 heavy (non-hydrogen) atoms. The number of nitrogens with one attached hydrogen (secondary N) is 1. The van der Waals surface area contributed by atoms with E-state index in [1.54, 1.807) is 36.4 Å². The Kier molecular flexibility index (Phi) is 9.41. The summed E-state index contributed by atoms with van der Waals surface area (Å²) < 4.78 is 23.9. The Morgan fingerprint density at radius 3 is 2.29 bits per heavy atom. The van der Waals surface area contributed by atoms with Crippen LogP contribution >= 0.6 is 46.4 Å². The molecule has 0 spiro atoms. The summed E-state index contributed by atoms with van der Waals surface area (Å²) in [6, 6.07) is 10.4. The van der Waals surface area contributed by atoms with Crippen LogP contribution in [-0.2, 0) is 26.6 Å². The lowest BCUT2D eigenvalue weighted by molar-refractivity contribution is -0.126. The SMILES string of the molecule is CC(CCN1CCC(S(C)(=O)=O)CC1N)(C(=O)NCc1ccc(Cl)c(Cl)c1)c1ccc(Cl)c(Cl)c1. The second-order valence-corrected chi connectivity index (χ2v) is 13.2. The normalized spacial score (nSPS) is 20.9. The highest BCUT2D eigenvalue weighted by molar-refractivity contribution is 7.91. The number of halogens is 4. The number of piperidine rings is 1. The number of nitrogens with two attached hydrogens (primary N) is 1. The first-order valence-electron chi connectivity index (χ1n) is 11.2. The molecule has 3 N–H and O–H groups in total. The van der Waals surface area contributed by atoms with E-state index in [-0.39, 0.29) is 12.5 Å². The van der Waals surface area contributed by atoms with E-state index in [1.807, 2.05) is 11.8 Å². The third-order valence-electron chi connectivity index (χ3n) is 6.71.